The average molecular weight is 455 g/mol. The van der Waals surface area contributed by atoms with Crippen LogP contribution in [0.25, 0.3) is 5.57 Å². The zero-order valence-corrected chi connectivity index (χ0v) is 18.1. The van der Waals surface area contributed by atoms with Gasteiger partial charge in [-0.25, -0.2) is 0 Å². The van der Waals surface area contributed by atoms with E-state index < -0.39 is 0 Å². The molecule has 0 bridgehead atoms. The quantitative estimate of drug-likeness (QED) is 0.312. The molecule has 30 heavy (non-hydrogen) atoms. The summed E-state index contributed by atoms with van der Waals surface area (Å²) in [4.78, 5) is 0. The van der Waals surface area contributed by atoms with Crippen LogP contribution in [0.1, 0.15) is 16.7 Å². The van der Waals surface area contributed by atoms with Crippen molar-refractivity contribution in [1.82, 2.24) is 5.32 Å². The van der Waals surface area contributed by atoms with Crippen LogP contribution >= 0.6 is 15.9 Å². The van der Waals surface area contributed by atoms with Crippen molar-refractivity contribution in [3.8, 4) is 0 Å². The monoisotopic (exact) mass is 454 g/mol. The largest absolute Gasteiger partial charge is 0.367 e. The first-order valence-corrected chi connectivity index (χ1v) is 10.7. The standard InChI is InChI=1S/C27H23BrN2/c28-24-18-16-21(17-19-24)20-29-27(30-25-14-8-3-9-15-25)26(22-10-4-1-5-11-22)23-12-6-2-7-13-23/h1-19,29-30H,20H2. The average Bonchev–Trinajstić information content (AvgIpc) is 2.81. The summed E-state index contributed by atoms with van der Waals surface area (Å²) in [5, 5.41) is 7.27. The molecular weight excluding hydrogens is 432 g/mol. The highest BCUT2D eigenvalue weighted by atomic mass is 79.9. The molecule has 4 aromatic carbocycles. The van der Waals surface area contributed by atoms with Gasteiger partial charge in [-0.15, -0.1) is 0 Å². The molecule has 4 aromatic rings. The first kappa shape index (κ1) is 20.0. The topological polar surface area (TPSA) is 24.1 Å². The van der Waals surface area contributed by atoms with Gasteiger partial charge in [0.05, 0.1) is 0 Å². The van der Waals surface area contributed by atoms with Gasteiger partial charge in [-0.05, 0) is 41.0 Å². The number of rotatable bonds is 7. The first-order valence-electron chi connectivity index (χ1n) is 9.95. The van der Waals surface area contributed by atoms with Gasteiger partial charge in [0.2, 0.25) is 0 Å². The summed E-state index contributed by atoms with van der Waals surface area (Å²) in [6.45, 7) is 0.714. The lowest BCUT2D eigenvalue weighted by atomic mass is 9.97. The molecule has 0 amide bonds. The minimum atomic E-state index is 0.714. The molecule has 2 nitrogen and oxygen atoms in total. The highest BCUT2D eigenvalue weighted by Gasteiger charge is 2.13. The van der Waals surface area contributed by atoms with E-state index in [2.05, 4.69) is 111 Å². The molecule has 0 aromatic heterocycles. The van der Waals surface area contributed by atoms with E-state index in [0.717, 1.165) is 32.7 Å². The Morgan fingerprint density at radius 2 is 1.10 bits per heavy atom. The maximum absolute atomic E-state index is 3.65. The van der Waals surface area contributed by atoms with Crippen molar-refractivity contribution in [2.75, 3.05) is 5.32 Å². The van der Waals surface area contributed by atoms with Crippen molar-refractivity contribution in [3.05, 3.63) is 142 Å². The summed E-state index contributed by atoms with van der Waals surface area (Å²) in [5.41, 5.74) is 5.71. The van der Waals surface area contributed by atoms with Gasteiger partial charge < -0.3 is 10.6 Å². The molecule has 0 heterocycles. The molecule has 0 atom stereocenters. The Kier molecular flexibility index (Phi) is 6.63. The van der Waals surface area contributed by atoms with Crippen LogP contribution in [0, 0.1) is 0 Å². The Morgan fingerprint density at radius 3 is 1.63 bits per heavy atom. The number of para-hydroxylation sites is 1. The van der Waals surface area contributed by atoms with Crippen LogP contribution in [0.4, 0.5) is 5.69 Å². The van der Waals surface area contributed by atoms with Crippen LogP contribution in [0.15, 0.2) is 126 Å². The lowest BCUT2D eigenvalue weighted by molar-refractivity contribution is 0.819. The lowest BCUT2D eigenvalue weighted by Gasteiger charge is -2.20. The van der Waals surface area contributed by atoms with E-state index in [0.29, 0.717) is 6.54 Å². The van der Waals surface area contributed by atoms with E-state index in [1.807, 2.05) is 30.3 Å². The molecule has 0 saturated heterocycles. The van der Waals surface area contributed by atoms with Gasteiger partial charge in [0.25, 0.3) is 0 Å². The van der Waals surface area contributed by atoms with Gasteiger partial charge in [-0.2, -0.15) is 0 Å². The fourth-order valence-corrected chi connectivity index (χ4v) is 3.58. The second kappa shape index (κ2) is 9.95. The second-order valence-electron chi connectivity index (χ2n) is 6.95. The Balaban J connectivity index is 1.78. The number of hydrogen-bond donors (Lipinski definition) is 2. The zero-order chi connectivity index (χ0) is 20.6. The number of halogens is 1. The number of nitrogens with one attached hydrogen (secondary N) is 2. The van der Waals surface area contributed by atoms with Gasteiger partial charge in [0.15, 0.2) is 0 Å². The van der Waals surface area contributed by atoms with Crippen molar-refractivity contribution in [2.45, 2.75) is 6.54 Å². The SMILES string of the molecule is Brc1ccc(CNC(Nc2ccccc2)=C(c2ccccc2)c2ccccc2)cc1. The number of anilines is 1. The minimum Gasteiger partial charge on any atom is -0.367 e. The van der Waals surface area contributed by atoms with Crippen LogP contribution < -0.4 is 10.6 Å². The lowest BCUT2D eigenvalue weighted by Crippen LogP contribution is -2.21. The van der Waals surface area contributed by atoms with Crippen LogP contribution in [-0.2, 0) is 6.54 Å². The third-order valence-electron chi connectivity index (χ3n) is 4.80. The van der Waals surface area contributed by atoms with Crippen molar-refractivity contribution < 1.29 is 0 Å². The molecule has 0 unspecified atom stereocenters. The summed E-state index contributed by atoms with van der Waals surface area (Å²) < 4.78 is 1.08. The summed E-state index contributed by atoms with van der Waals surface area (Å²) >= 11 is 3.51. The summed E-state index contributed by atoms with van der Waals surface area (Å²) in [7, 11) is 0. The zero-order valence-electron chi connectivity index (χ0n) is 16.6. The van der Waals surface area contributed by atoms with Crippen molar-refractivity contribution in [2.24, 2.45) is 0 Å². The molecule has 0 aliphatic carbocycles. The summed E-state index contributed by atoms with van der Waals surface area (Å²) in [5.74, 6) is 0.974. The Morgan fingerprint density at radius 1 is 0.600 bits per heavy atom. The van der Waals surface area contributed by atoms with E-state index in [1.165, 1.54) is 5.56 Å². The molecule has 0 aliphatic heterocycles. The molecule has 0 fully saturated rings. The van der Waals surface area contributed by atoms with Crippen LogP contribution in [0.3, 0.4) is 0 Å². The van der Waals surface area contributed by atoms with Crippen LogP contribution in [-0.4, -0.2) is 0 Å². The highest BCUT2D eigenvalue weighted by Crippen LogP contribution is 2.27. The highest BCUT2D eigenvalue weighted by molar-refractivity contribution is 9.10. The van der Waals surface area contributed by atoms with Gasteiger partial charge in [-0.1, -0.05) is 107 Å². The smallest absolute Gasteiger partial charge is 0.112 e. The van der Waals surface area contributed by atoms with Crippen LogP contribution in [0.5, 0.6) is 0 Å². The Hall–Kier alpha value is -3.30. The summed E-state index contributed by atoms with van der Waals surface area (Å²) in [6, 6.07) is 39.7. The van der Waals surface area contributed by atoms with E-state index in [-0.39, 0.29) is 0 Å². The molecule has 2 N–H and O–H groups in total. The molecule has 0 saturated carbocycles. The molecule has 0 aliphatic rings. The van der Waals surface area contributed by atoms with Gasteiger partial charge in [-0.3, -0.25) is 0 Å². The predicted octanol–water partition coefficient (Wildman–Crippen LogP) is 7.07. The van der Waals surface area contributed by atoms with Crippen molar-refractivity contribution in [1.29, 1.82) is 0 Å². The molecule has 4 rings (SSSR count). The maximum atomic E-state index is 3.65. The maximum Gasteiger partial charge on any atom is 0.112 e. The normalized spacial score (nSPS) is 10.3. The molecule has 0 radical (unpaired) electrons. The van der Waals surface area contributed by atoms with E-state index in [9.17, 15) is 0 Å². The Labute approximate surface area is 186 Å². The minimum absolute atomic E-state index is 0.714. The van der Waals surface area contributed by atoms with Gasteiger partial charge in [0, 0.05) is 22.3 Å². The predicted molar refractivity (Wildman–Crippen MR) is 130 cm³/mol. The number of benzene rings is 4. The number of hydrogen-bond acceptors (Lipinski definition) is 2. The fourth-order valence-electron chi connectivity index (χ4n) is 3.32. The van der Waals surface area contributed by atoms with E-state index in [4.69, 9.17) is 0 Å². The van der Waals surface area contributed by atoms with E-state index >= 15 is 0 Å². The summed E-state index contributed by atoms with van der Waals surface area (Å²) in [6.07, 6.45) is 0. The van der Waals surface area contributed by atoms with Gasteiger partial charge >= 0.3 is 0 Å². The molecular formula is C27H23BrN2. The molecule has 3 heteroatoms. The van der Waals surface area contributed by atoms with Crippen LogP contribution in [0.2, 0.25) is 0 Å². The second-order valence-corrected chi connectivity index (χ2v) is 7.87. The fraction of sp³-hybridized carbons (Fsp3) is 0.0370. The molecule has 148 valence electrons. The van der Waals surface area contributed by atoms with Crippen molar-refractivity contribution >= 4 is 27.2 Å². The Bertz CT molecular complexity index is 1050. The third-order valence-corrected chi connectivity index (χ3v) is 5.33. The third kappa shape index (κ3) is 5.19. The molecule has 0 spiro atoms. The van der Waals surface area contributed by atoms with Gasteiger partial charge in [0.1, 0.15) is 5.82 Å². The van der Waals surface area contributed by atoms with Crippen molar-refractivity contribution in [3.63, 3.8) is 0 Å². The first-order chi connectivity index (χ1) is 14.8. The van der Waals surface area contributed by atoms with E-state index in [1.54, 1.807) is 0 Å².